The van der Waals surface area contributed by atoms with Gasteiger partial charge in [0.2, 0.25) is 11.8 Å². The lowest BCUT2D eigenvalue weighted by atomic mass is 10.2. The Morgan fingerprint density at radius 3 is 2.66 bits per heavy atom. The molecule has 2 aromatic carbocycles. The van der Waals surface area contributed by atoms with Crippen LogP contribution < -0.4 is 20.1 Å². The number of aryl methyl sites for hydroxylation is 1. The van der Waals surface area contributed by atoms with Crippen LogP contribution in [0.5, 0.6) is 11.5 Å². The van der Waals surface area contributed by atoms with Crippen molar-refractivity contribution in [1.29, 1.82) is 0 Å². The molecule has 0 atom stereocenters. The van der Waals surface area contributed by atoms with Crippen molar-refractivity contribution in [2.24, 2.45) is 0 Å². The molecule has 0 aliphatic heterocycles. The van der Waals surface area contributed by atoms with Crippen molar-refractivity contribution >= 4 is 51.1 Å². The van der Waals surface area contributed by atoms with Gasteiger partial charge in [-0.2, -0.15) is 0 Å². The predicted molar refractivity (Wildman–Crippen MR) is 119 cm³/mol. The van der Waals surface area contributed by atoms with Gasteiger partial charge in [0, 0.05) is 16.2 Å². The van der Waals surface area contributed by atoms with E-state index in [1.807, 2.05) is 26.0 Å². The molecule has 8 heteroatoms. The van der Waals surface area contributed by atoms with Crippen LogP contribution in [0.3, 0.4) is 0 Å². The Balaban J connectivity index is 1.94. The summed E-state index contributed by atoms with van der Waals surface area (Å²) in [6, 6.07) is 8.90. The minimum atomic E-state index is -0.406. The first-order valence-corrected chi connectivity index (χ1v) is 10.0. The third-order valence-corrected chi connectivity index (χ3v) is 4.63. The van der Waals surface area contributed by atoms with Crippen LogP contribution in [0.25, 0.3) is 6.08 Å². The fraction of sp³-hybridized carbons (Fsp3) is 0.238. The average Bonchev–Trinajstić information content (AvgIpc) is 2.68. The highest BCUT2D eigenvalue weighted by molar-refractivity contribution is 9.10. The van der Waals surface area contributed by atoms with E-state index in [0.29, 0.717) is 34.4 Å². The third kappa shape index (κ3) is 6.80. The molecule has 2 rings (SSSR count). The number of hydrogen-bond donors (Lipinski definition) is 2. The maximum Gasteiger partial charge on any atom is 0.244 e. The highest BCUT2D eigenvalue weighted by atomic mass is 79.9. The quantitative estimate of drug-likeness (QED) is 0.541. The first kappa shape index (κ1) is 22.8. The number of rotatable bonds is 8. The molecule has 2 aromatic rings. The summed E-state index contributed by atoms with van der Waals surface area (Å²) in [7, 11) is 1.51. The van der Waals surface area contributed by atoms with Gasteiger partial charge in [0.25, 0.3) is 0 Å². The van der Waals surface area contributed by atoms with Crippen molar-refractivity contribution in [3.63, 3.8) is 0 Å². The topological polar surface area (TPSA) is 76.7 Å². The Labute approximate surface area is 183 Å². The second-order valence-corrected chi connectivity index (χ2v) is 7.35. The number of carbonyl (C=O) groups excluding carboxylic acids is 2. The standard InChI is InChI=1S/C21H22BrClN2O4/c1-4-29-21-16(23)10-14(11-18(21)28-3)5-8-19(26)24-12-20(27)25-17-7-6-15(22)9-13(17)2/h5-11H,4,12H2,1-3H3,(H,24,26)(H,25,27)/b8-5+. The molecule has 154 valence electrons. The fourth-order valence-corrected chi connectivity index (χ4v) is 3.23. The van der Waals surface area contributed by atoms with Gasteiger partial charge in [-0.25, -0.2) is 0 Å². The third-order valence-electron chi connectivity index (χ3n) is 3.85. The lowest BCUT2D eigenvalue weighted by Gasteiger charge is -2.12. The summed E-state index contributed by atoms with van der Waals surface area (Å²) in [6.45, 7) is 4.04. The van der Waals surface area contributed by atoms with E-state index in [0.717, 1.165) is 10.0 Å². The Bertz CT molecular complexity index is 931. The summed E-state index contributed by atoms with van der Waals surface area (Å²) in [4.78, 5) is 24.1. The van der Waals surface area contributed by atoms with Gasteiger partial charge in [-0.1, -0.05) is 27.5 Å². The molecule has 0 aliphatic rings. The lowest BCUT2D eigenvalue weighted by Crippen LogP contribution is -2.31. The van der Waals surface area contributed by atoms with E-state index in [9.17, 15) is 9.59 Å². The molecule has 2 amide bonds. The Morgan fingerprint density at radius 2 is 2.00 bits per heavy atom. The van der Waals surface area contributed by atoms with E-state index in [1.165, 1.54) is 13.2 Å². The zero-order valence-electron chi connectivity index (χ0n) is 16.3. The van der Waals surface area contributed by atoms with Gasteiger partial charge >= 0.3 is 0 Å². The number of ether oxygens (including phenoxy) is 2. The van der Waals surface area contributed by atoms with Gasteiger partial charge in [-0.3, -0.25) is 9.59 Å². The number of anilines is 1. The van der Waals surface area contributed by atoms with Crippen LogP contribution in [0.1, 0.15) is 18.1 Å². The van der Waals surface area contributed by atoms with Crippen molar-refractivity contribution in [3.05, 3.63) is 57.0 Å². The molecule has 6 nitrogen and oxygen atoms in total. The first-order chi connectivity index (χ1) is 13.8. The number of carbonyl (C=O) groups is 2. The number of methoxy groups -OCH3 is 1. The molecule has 2 N–H and O–H groups in total. The molecule has 0 radical (unpaired) electrons. The van der Waals surface area contributed by atoms with Gasteiger partial charge in [0.15, 0.2) is 11.5 Å². The molecule has 0 aromatic heterocycles. The first-order valence-electron chi connectivity index (χ1n) is 8.86. The normalized spacial score (nSPS) is 10.7. The van der Waals surface area contributed by atoms with Crippen LogP contribution in [0.15, 0.2) is 40.9 Å². The van der Waals surface area contributed by atoms with Crippen molar-refractivity contribution in [3.8, 4) is 11.5 Å². The monoisotopic (exact) mass is 480 g/mol. The van der Waals surface area contributed by atoms with E-state index < -0.39 is 5.91 Å². The number of amides is 2. The zero-order chi connectivity index (χ0) is 21.4. The highest BCUT2D eigenvalue weighted by Gasteiger charge is 2.11. The van der Waals surface area contributed by atoms with Crippen LogP contribution in [0.4, 0.5) is 5.69 Å². The lowest BCUT2D eigenvalue weighted by molar-refractivity contribution is -0.121. The largest absolute Gasteiger partial charge is 0.493 e. The van der Waals surface area contributed by atoms with Crippen molar-refractivity contribution in [2.75, 3.05) is 25.6 Å². The molecular formula is C21H22BrClN2O4. The predicted octanol–water partition coefficient (Wildman–Crippen LogP) is 4.59. The maximum absolute atomic E-state index is 12.0. The molecule has 0 fully saturated rings. The summed E-state index contributed by atoms with van der Waals surface area (Å²) in [5.41, 5.74) is 2.28. The van der Waals surface area contributed by atoms with Crippen molar-refractivity contribution < 1.29 is 19.1 Å². The number of benzene rings is 2. The molecule has 0 spiro atoms. The number of nitrogens with one attached hydrogen (secondary N) is 2. The molecule has 29 heavy (non-hydrogen) atoms. The van der Waals surface area contributed by atoms with Crippen LogP contribution in [0, 0.1) is 6.92 Å². The summed E-state index contributed by atoms with van der Waals surface area (Å²) in [5, 5.41) is 5.69. The Morgan fingerprint density at radius 1 is 1.24 bits per heavy atom. The maximum atomic E-state index is 12.0. The molecular weight excluding hydrogens is 460 g/mol. The van der Waals surface area contributed by atoms with Crippen LogP contribution >= 0.6 is 27.5 Å². The highest BCUT2D eigenvalue weighted by Crippen LogP contribution is 2.36. The Kier molecular flexibility index (Phi) is 8.54. The smallest absolute Gasteiger partial charge is 0.244 e. The van der Waals surface area contributed by atoms with Crippen LogP contribution in [-0.2, 0) is 9.59 Å². The molecule has 0 saturated heterocycles. The minimum Gasteiger partial charge on any atom is -0.493 e. The second-order valence-electron chi connectivity index (χ2n) is 6.03. The molecule has 0 heterocycles. The van der Waals surface area contributed by atoms with Gasteiger partial charge in [-0.15, -0.1) is 0 Å². The van der Waals surface area contributed by atoms with Gasteiger partial charge in [0.1, 0.15) is 0 Å². The number of halogens is 2. The van der Waals surface area contributed by atoms with E-state index in [1.54, 1.807) is 24.3 Å². The fourth-order valence-electron chi connectivity index (χ4n) is 2.48. The second kappa shape index (κ2) is 10.9. The SMILES string of the molecule is CCOc1c(Cl)cc(/C=C/C(=O)NCC(=O)Nc2ccc(Br)cc2C)cc1OC. The Hall–Kier alpha value is -2.51. The van der Waals surface area contributed by atoms with Crippen molar-refractivity contribution in [1.82, 2.24) is 5.32 Å². The summed E-state index contributed by atoms with van der Waals surface area (Å²) in [6.07, 6.45) is 2.90. The molecule has 0 aliphatic carbocycles. The molecule has 0 bridgehead atoms. The molecule has 0 unspecified atom stereocenters. The summed E-state index contributed by atoms with van der Waals surface area (Å²) in [5.74, 6) is 0.210. The molecule has 0 saturated carbocycles. The zero-order valence-corrected chi connectivity index (χ0v) is 18.7. The average molecular weight is 482 g/mol. The number of hydrogen-bond acceptors (Lipinski definition) is 4. The van der Waals surface area contributed by atoms with Gasteiger partial charge in [-0.05, 0) is 61.4 Å². The van der Waals surface area contributed by atoms with E-state index >= 15 is 0 Å². The summed E-state index contributed by atoms with van der Waals surface area (Å²) < 4.78 is 11.7. The van der Waals surface area contributed by atoms with E-state index in [2.05, 4.69) is 26.6 Å². The van der Waals surface area contributed by atoms with Crippen LogP contribution in [-0.4, -0.2) is 32.1 Å². The minimum absolute atomic E-state index is 0.147. The van der Waals surface area contributed by atoms with Gasteiger partial charge in [0.05, 0.1) is 25.3 Å². The van der Waals surface area contributed by atoms with E-state index in [4.69, 9.17) is 21.1 Å². The van der Waals surface area contributed by atoms with Gasteiger partial charge < -0.3 is 20.1 Å². The van der Waals surface area contributed by atoms with Crippen LogP contribution in [0.2, 0.25) is 5.02 Å². The summed E-state index contributed by atoms with van der Waals surface area (Å²) >= 11 is 9.59. The van der Waals surface area contributed by atoms with Crippen molar-refractivity contribution in [2.45, 2.75) is 13.8 Å². The van der Waals surface area contributed by atoms with E-state index in [-0.39, 0.29) is 12.5 Å².